The van der Waals surface area contributed by atoms with Crippen LogP contribution < -0.4 is 45.8 Å². The fourth-order valence-electron chi connectivity index (χ4n) is 7.44. The van der Waals surface area contributed by atoms with Crippen LogP contribution in [0.25, 0.3) is 22.1 Å². The van der Waals surface area contributed by atoms with Gasteiger partial charge in [-0.25, -0.2) is 0 Å². The summed E-state index contributed by atoms with van der Waals surface area (Å²) in [4.78, 5) is 38.2. The summed E-state index contributed by atoms with van der Waals surface area (Å²) in [7, 11) is 3.20. The number of aromatic nitrogens is 5. The number of nitrogens with zero attached hydrogens (tertiary/aromatic N) is 7. The maximum absolute atomic E-state index is 12.5. The number of rotatable bonds is 11. The van der Waals surface area contributed by atoms with E-state index in [1.165, 1.54) is 6.20 Å². The highest BCUT2D eigenvalue weighted by atomic mass is 16.6. The zero-order valence-corrected chi connectivity index (χ0v) is 32.1. The number of fused-ring (bicyclic) bond motifs is 3. The van der Waals surface area contributed by atoms with E-state index in [-0.39, 0.29) is 11.1 Å². The van der Waals surface area contributed by atoms with E-state index >= 15 is 0 Å². The van der Waals surface area contributed by atoms with Crippen molar-refractivity contribution in [2.45, 2.75) is 57.4 Å². The first kappa shape index (κ1) is 39.0. The molecular weight excluding hydrogens is 718 g/mol. The van der Waals surface area contributed by atoms with Gasteiger partial charge in [0.05, 0.1) is 61.3 Å². The third-order valence-electron chi connectivity index (χ3n) is 10.8. The van der Waals surface area contributed by atoms with Gasteiger partial charge in [0, 0.05) is 62.5 Å². The molecule has 0 aromatic carbocycles. The number of hydrogen-bond acceptors (Lipinski definition) is 13. The molecule has 16 nitrogen and oxygen atoms in total. The molecule has 8 rings (SSSR count). The number of nitrogens with two attached hydrogens (primary N) is 1. The van der Waals surface area contributed by atoms with E-state index in [0.717, 1.165) is 91.7 Å². The zero-order chi connectivity index (χ0) is 39.0. The summed E-state index contributed by atoms with van der Waals surface area (Å²) in [5, 5.41) is 15.8. The third kappa shape index (κ3) is 9.38. The van der Waals surface area contributed by atoms with Gasteiger partial charge in [-0.2, -0.15) is 4.73 Å². The Labute approximate surface area is 324 Å². The quantitative estimate of drug-likeness (QED) is 0.147. The highest BCUT2D eigenvalue weighted by Crippen LogP contribution is 2.28. The molecule has 2 fully saturated rings. The molecule has 3 aliphatic rings. The molecule has 0 spiro atoms. The van der Waals surface area contributed by atoms with Crippen LogP contribution in [0.1, 0.15) is 31.4 Å². The molecule has 0 atom stereocenters. The highest BCUT2D eigenvalue weighted by Gasteiger charge is 2.23. The molecule has 5 aromatic rings. The molecule has 3 N–H and O–H groups in total. The van der Waals surface area contributed by atoms with Crippen molar-refractivity contribution in [2.24, 2.45) is 5.73 Å². The SMILES string of the molecule is COc1cnc2ccc(=O)n(CCN3CCC(N)CC3)c2c1.COc1cnc2ccc(=O)n(CCN3CCC(NCc4cc5c(c[n+]4[O-])OCCO5)CC3)c2c1. The molecule has 0 amide bonds. The predicted molar refractivity (Wildman–Crippen MR) is 211 cm³/mol. The van der Waals surface area contributed by atoms with Crippen LogP contribution in [0.2, 0.25) is 0 Å². The van der Waals surface area contributed by atoms with Crippen molar-refractivity contribution in [3.05, 3.63) is 92.7 Å². The summed E-state index contributed by atoms with van der Waals surface area (Å²) in [6.45, 7) is 8.18. The van der Waals surface area contributed by atoms with Crippen molar-refractivity contribution in [1.29, 1.82) is 0 Å². The van der Waals surface area contributed by atoms with Gasteiger partial charge in [0.2, 0.25) is 17.6 Å². The Balaban J connectivity index is 0.000000189. The highest BCUT2D eigenvalue weighted by molar-refractivity contribution is 5.76. The van der Waals surface area contributed by atoms with Gasteiger partial charge >= 0.3 is 0 Å². The number of nitrogens with one attached hydrogen (secondary N) is 1. The first-order valence-electron chi connectivity index (χ1n) is 19.3. The monoisotopic (exact) mass is 769 g/mol. The average Bonchev–Trinajstić information content (AvgIpc) is 3.23. The Morgan fingerprint density at radius 2 is 1.29 bits per heavy atom. The topological polar surface area (TPSA) is 178 Å². The molecule has 0 radical (unpaired) electrons. The van der Waals surface area contributed by atoms with Crippen LogP contribution in [0.15, 0.2) is 70.6 Å². The summed E-state index contributed by atoms with van der Waals surface area (Å²) < 4.78 is 25.9. The van der Waals surface area contributed by atoms with Crippen molar-refractivity contribution in [1.82, 2.24) is 34.2 Å². The summed E-state index contributed by atoms with van der Waals surface area (Å²) in [5.41, 5.74) is 9.69. The summed E-state index contributed by atoms with van der Waals surface area (Å²) in [6, 6.07) is 12.8. The van der Waals surface area contributed by atoms with E-state index in [0.29, 0.717) is 73.6 Å². The lowest BCUT2D eigenvalue weighted by molar-refractivity contribution is -0.615. The van der Waals surface area contributed by atoms with Crippen molar-refractivity contribution in [3.8, 4) is 23.0 Å². The molecule has 0 unspecified atom stereocenters. The molecule has 3 aliphatic heterocycles. The molecule has 2 saturated heterocycles. The van der Waals surface area contributed by atoms with Crippen LogP contribution in [0.3, 0.4) is 0 Å². The lowest BCUT2D eigenvalue weighted by Crippen LogP contribution is -2.45. The minimum absolute atomic E-state index is 0.00346. The van der Waals surface area contributed by atoms with Crippen LogP contribution in [-0.4, -0.2) is 108 Å². The molecule has 298 valence electrons. The van der Waals surface area contributed by atoms with E-state index in [1.807, 2.05) is 12.1 Å². The van der Waals surface area contributed by atoms with E-state index in [1.54, 1.807) is 66.1 Å². The van der Waals surface area contributed by atoms with Crippen molar-refractivity contribution in [3.63, 3.8) is 0 Å². The lowest BCUT2D eigenvalue weighted by Gasteiger charge is -2.32. The summed E-state index contributed by atoms with van der Waals surface area (Å²) in [5.74, 6) is 2.42. The van der Waals surface area contributed by atoms with E-state index < -0.39 is 0 Å². The van der Waals surface area contributed by atoms with Gasteiger partial charge in [0.25, 0.3) is 11.1 Å². The van der Waals surface area contributed by atoms with Crippen LogP contribution in [0, 0.1) is 5.21 Å². The van der Waals surface area contributed by atoms with Crippen molar-refractivity contribution in [2.75, 3.05) is 66.7 Å². The van der Waals surface area contributed by atoms with Crippen LogP contribution >= 0.6 is 0 Å². The molecule has 0 bridgehead atoms. The number of hydrogen-bond donors (Lipinski definition) is 2. The standard InChI is InChI=1S/C24H29N5O5.C16H22N4O2/c1-32-19-13-21-20(26-15-19)2-3-24(30)28(21)9-8-27-6-4-17(5-7-27)25-14-18-12-22-23(16-29(18)31)34-11-10-33-22;1-22-13-10-15-14(18-11-13)2-3-16(21)20(15)9-8-19-6-4-12(17)5-7-19/h2-3,12-13,15-17,25H,4-11,14H2,1H3;2-3,10-12H,4-9,17H2,1H3. The number of piperidine rings is 2. The van der Waals surface area contributed by atoms with Crippen LogP contribution in [0.4, 0.5) is 0 Å². The molecule has 8 heterocycles. The maximum Gasteiger partial charge on any atom is 0.251 e. The number of pyridine rings is 5. The largest absolute Gasteiger partial charge is 0.618 e. The minimum atomic E-state index is -0.0375. The molecule has 16 heteroatoms. The molecular formula is C40H51N9O7. The fraction of sp³-hybridized carbons (Fsp3) is 0.475. The number of methoxy groups -OCH3 is 2. The Kier molecular flexibility index (Phi) is 12.6. The second-order valence-electron chi connectivity index (χ2n) is 14.4. The van der Waals surface area contributed by atoms with Gasteiger partial charge in [-0.15, -0.1) is 0 Å². The second-order valence-corrected chi connectivity index (χ2v) is 14.4. The van der Waals surface area contributed by atoms with Gasteiger partial charge in [-0.1, -0.05) is 0 Å². The van der Waals surface area contributed by atoms with Gasteiger partial charge in [0.1, 0.15) is 24.7 Å². The third-order valence-corrected chi connectivity index (χ3v) is 10.8. The van der Waals surface area contributed by atoms with Gasteiger partial charge in [-0.05, 0) is 64.0 Å². The summed E-state index contributed by atoms with van der Waals surface area (Å²) >= 11 is 0. The van der Waals surface area contributed by atoms with E-state index in [2.05, 4.69) is 25.1 Å². The van der Waals surface area contributed by atoms with Crippen molar-refractivity contribution < 1.29 is 23.7 Å². The number of likely N-dealkylation sites (tertiary alicyclic amines) is 2. The minimum Gasteiger partial charge on any atom is -0.618 e. The number of ether oxygens (including phenoxy) is 4. The zero-order valence-electron chi connectivity index (χ0n) is 32.1. The normalized spacial score (nSPS) is 16.8. The fourth-order valence-corrected chi connectivity index (χ4v) is 7.44. The Morgan fingerprint density at radius 3 is 1.82 bits per heavy atom. The van der Waals surface area contributed by atoms with Gasteiger partial charge in [0.15, 0.2) is 5.75 Å². The summed E-state index contributed by atoms with van der Waals surface area (Å²) in [6.07, 6.45) is 8.78. The van der Waals surface area contributed by atoms with Gasteiger partial charge in [-0.3, -0.25) is 19.6 Å². The van der Waals surface area contributed by atoms with Crippen LogP contribution in [-0.2, 0) is 19.6 Å². The molecule has 56 heavy (non-hydrogen) atoms. The first-order chi connectivity index (χ1) is 27.3. The van der Waals surface area contributed by atoms with E-state index in [9.17, 15) is 14.8 Å². The van der Waals surface area contributed by atoms with E-state index in [4.69, 9.17) is 24.7 Å². The Morgan fingerprint density at radius 1 is 0.768 bits per heavy atom. The maximum atomic E-state index is 12.5. The molecule has 5 aromatic heterocycles. The Hall–Kier alpha value is -5.29. The van der Waals surface area contributed by atoms with Crippen molar-refractivity contribution >= 4 is 22.1 Å². The lowest BCUT2D eigenvalue weighted by atomic mass is 10.0. The predicted octanol–water partition coefficient (Wildman–Crippen LogP) is 1.89. The van der Waals surface area contributed by atoms with Crippen LogP contribution in [0.5, 0.6) is 23.0 Å². The molecule has 0 aliphatic carbocycles. The smallest absolute Gasteiger partial charge is 0.251 e. The first-order valence-corrected chi connectivity index (χ1v) is 19.3. The molecule has 0 saturated carbocycles. The van der Waals surface area contributed by atoms with Gasteiger partial charge < -0.3 is 54.1 Å². The average molecular weight is 770 g/mol. The Bertz CT molecular complexity index is 2230. The second kappa shape index (κ2) is 18.1.